The summed E-state index contributed by atoms with van der Waals surface area (Å²) in [6, 6.07) is 2.07. The number of halogens is 3. The molecule has 1 aromatic carbocycles. The fraction of sp³-hybridized carbons (Fsp3) is 0.571. The molecule has 0 heterocycles. The van der Waals surface area contributed by atoms with Crippen LogP contribution in [-0.4, -0.2) is 7.05 Å². The highest BCUT2D eigenvalue weighted by Gasteiger charge is 2.22. The molecule has 18 heavy (non-hydrogen) atoms. The average molecular weight is 257 g/mol. The van der Waals surface area contributed by atoms with E-state index in [4.69, 9.17) is 0 Å². The number of nitrogens with one attached hydrogen (secondary N) is 1. The zero-order valence-corrected chi connectivity index (χ0v) is 10.5. The molecule has 1 nitrogen and oxygen atoms in total. The average Bonchev–Trinajstić information content (AvgIpc) is 2.85. The molecule has 1 aromatic rings. The lowest BCUT2D eigenvalue weighted by molar-refractivity contribution is 0.403. The van der Waals surface area contributed by atoms with Crippen LogP contribution in [0.2, 0.25) is 0 Å². The minimum atomic E-state index is -1.39. The lowest BCUT2D eigenvalue weighted by Gasteiger charge is -2.20. The number of rotatable bonds is 4. The van der Waals surface area contributed by atoms with E-state index in [2.05, 4.69) is 5.32 Å². The van der Waals surface area contributed by atoms with Gasteiger partial charge < -0.3 is 5.32 Å². The summed E-state index contributed by atoms with van der Waals surface area (Å²) in [5, 5.41) is 3.06. The van der Waals surface area contributed by atoms with Gasteiger partial charge in [-0.2, -0.15) is 0 Å². The van der Waals surface area contributed by atoms with Gasteiger partial charge in [0.05, 0.1) is 0 Å². The van der Waals surface area contributed by atoms with Crippen molar-refractivity contribution in [3.05, 3.63) is 35.1 Å². The number of benzene rings is 1. The summed E-state index contributed by atoms with van der Waals surface area (Å²) in [5.41, 5.74) is 0.487. The molecule has 1 N–H and O–H groups in total. The lowest BCUT2D eigenvalue weighted by atomic mass is 9.93. The van der Waals surface area contributed by atoms with Crippen LogP contribution in [0.4, 0.5) is 13.2 Å². The maximum atomic E-state index is 13.2. The zero-order chi connectivity index (χ0) is 13.1. The van der Waals surface area contributed by atoms with Gasteiger partial charge in [-0.1, -0.05) is 25.7 Å². The summed E-state index contributed by atoms with van der Waals surface area (Å²) >= 11 is 0. The quantitative estimate of drug-likeness (QED) is 0.805. The molecule has 1 aliphatic rings. The van der Waals surface area contributed by atoms with Crippen LogP contribution in [0, 0.1) is 23.4 Å². The Kier molecular flexibility index (Phi) is 4.27. The Labute approximate surface area is 105 Å². The highest BCUT2D eigenvalue weighted by molar-refractivity contribution is 5.22. The van der Waals surface area contributed by atoms with Gasteiger partial charge in [0.2, 0.25) is 0 Å². The molecule has 0 bridgehead atoms. The first kappa shape index (κ1) is 13.4. The van der Waals surface area contributed by atoms with Gasteiger partial charge in [0, 0.05) is 6.04 Å². The van der Waals surface area contributed by atoms with Crippen LogP contribution in [0.15, 0.2) is 12.1 Å². The van der Waals surface area contributed by atoms with Gasteiger partial charge in [-0.3, -0.25) is 0 Å². The monoisotopic (exact) mass is 257 g/mol. The van der Waals surface area contributed by atoms with E-state index < -0.39 is 17.5 Å². The van der Waals surface area contributed by atoms with Gasteiger partial charge >= 0.3 is 0 Å². The Morgan fingerprint density at radius 3 is 2.22 bits per heavy atom. The molecule has 1 atom stereocenters. The Morgan fingerprint density at radius 2 is 1.72 bits per heavy atom. The predicted molar refractivity (Wildman–Crippen MR) is 64.7 cm³/mol. The van der Waals surface area contributed by atoms with Gasteiger partial charge in [-0.05, 0) is 37.1 Å². The topological polar surface area (TPSA) is 12.0 Å². The van der Waals surface area contributed by atoms with E-state index >= 15 is 0 Å². The molecular weight excluding hydrogens is 239 g/mol. The highest BCUT2D eigenvalue weighted by atomic mass is 19.2. The second kappa shape index (κ2) is 5.74. The third kappa shape index (κ3) is 2.86. The van der Waals surface area contributed by atoms with Crippen molar-refractivity contribution in [1.82, 2.24) is 5.32 Å². The molecule has 0 saturated heterocycles. The van der Waals surface area contributed by atoms with Crippen LogP contribution < -0.4 is 5.32 Å². The second-order valence-electron chi connectivity index (χ2n) is 5.03. The molecule has 1 aliphatic carbocycles. The minimum absolute atomic E-state index is 0.113. The smallest absolute Gasteiger partial charge is 0.194 e. The minimum Gasteiger partial charge on any atom is -0.313 e. The van der Waals surface area contributed by atoms with Gasteiger partial charge in [0.25, 0.3) is 0 Å². The first-order chi connectivity index (χ1) is 8.61. The maximum absolute atomic E-state index is 13.2. The van der Waals surface area contributed by atoms with Crippen molar-refractivity contribution in [2.45, 2.75) is 38.1 Å². The van der Waals surface area contributed by atoms with Crippen LogP contribution in [0.3, 0.4) is 0 Å². The van der Waals surface area contributed by atoms with Crippen LogP contribution in [0.25, 0.3) is 0 Å². The van der Waals surface area contributed by atoms with Gasteiger partial charge in [0.1, 0.15) is 0 Å². The van der Waals surface area contributed by atoms with Crippen LogP contribution in [0.1, 0.15) is 43.7 Å². The van der Waals surface area contributed by atoms with Crippen molar-refractivity contribution in [2.24, 2.45) is 5.92 Å². The summed E-state index contributed by atoms with van der Waals surface area (Å²) < 4.78 is 39.3. The van der Waals surface area contributed by atoms with E-state index in [0.717, 1.165) is 18.6 Å². The Bertz CT molecular complexity index is 390. The van der Waals surface area contributed by atoms with E-state index in [-0.39, 0.29) is 6.04 Å². The fourth-order valence-electron chi connectivity index (χ4n) is 2.78. The molecule has 4 heteroatoms. The summed E-state index contributed by atoms with van der Waals surface area (Å²) in [6.07, 6.45) is 5.65. The lowest BCUT2D eigenvalue weighted by Crippen LogP contribution is -2.19. The first-order valence-electron chi connectivity index (χ1n) is 6.43. The maximum Gasteiger partial charge on any atom is 0.194 e. The van der Waals surface area contributed by atoms with Crippen molar-refractivity contribution < 1.29 is 13.2 Å². The SMILES string of the molecule is CNC(CC1CCCC1)c1cc(F)c(F)c(F)c1. The van der Waals surface area contributed by atoms with E-state index in [1.807, 2.05) is 0 Å². The van der Waals surface area contributed by atoms with Gasteiger partial charge in [-0.25, -0.2) is 13.2 Å². The molecular formula is C14H18F3N. The standard InChI is InChI=1S/C14H18F3N/c1-18-13(6-9-4-2-3-5-9)10-7-11(15)14(17)12(16)8-10/h7-9,13,18H,2-6H2,1H3. The molecule has 0 aliphatic heterocycles. The fourth-order valence-corrected chi connectivity index (χ4v) is 2.78. The van der Waals surface area contributed by atoms with Crippen molar-refractivity contribution in [3.8, 4) is 0 Å². The zero-order valence-electron chi connectivity index (χ0n) is 10.5. The van der Waals surface area contributed by atoms with E-state index in [9.17, 15) is 13.2 Å². The molecule has 2 rings (SSSR count). The summed E-state index contributed by atoms with van der Waals surface area (Å²) in [5.74, 6) is -3.03. The van der Waals surface area contributed by atoms with Crippen LogP contribution >= 0.6 is 0 Å². The van der Waals surface area contributed by atoms with E-state index in [0.29, 0.717) is 11.5 Å². The largest absolute Gasteiger partial charge is 0.313 e. The predicted octanol–water partition coefficient (Wildman–Crippen LogP) is 3.94. The third-order valence-electron chi connectivity index (χ3n) is 3.80. The molecule has 0 amide bonds. The Morgan fingerprint density at radius 1 is 1.17 bits per heavy atom. The summed E-state index contributed by atoms with van der Waals surface area (Å²) in [7, 11) is 1.76. The molecule has 1 unspecified atom stereocenters. The third-order valence-corrected chi connectivity index (χ3v) is 3.80. The van der Waals surface area contributed by atoms with Crippen molar-refractivity contribution >= 4 is 0 Å². The van der Waals surface area contributed by atoms with Crippen molar-refractivity contribution in [2.75, 3.05) is 7.05 Å². The highest BCUT2D eigenvalue weighted by Crippen LogP contribution is 2.33. The molecule has 0 spiro atoms. The van der Waals surface area contributed by atoms with Gasteiger partial charge in [-0.15, -0.1) is 0 Å². The van der Waals surface area contributed by atoms with E-state index in [1.54, 1.807) is 7.05 Å². The molecule has 1 saturated carbocycles. The number of hydrogen-bond acceptors (Lipinski definition) is 1. The van der Waals surface area contributed by atoms with Crippen molar-refractivity contribution in [1.29, 1.82) is 0 Å². The number of hydrogen-bond donors (Lipinski definition) is 1. The van der Waals surface area contributed by atoms with Crippen LogP contribution in [-0.2, 0) is 0 Å². The Balaban J connectivity index is 2.16. The molecule has 1 fully saturated rings. The molecule has 100 valence electrons. The van der Waals surface area contributed by atoms with Crippen LogP contribution in [0.5, 0.6) is 0 Å². The first-order valence-corrected chi connectivity index (χ1v) is 6.43. The summed E-state index contributed by atoms with van der Waals surface area (Å²) in [4.78, 5) is 0. The molecule has 0 radical (unpaired) electrons. The summed E-state index contributed by atoms with van der Waals surface area (Å²) in [6.45, 7) is 0. The molecule has 0 aromatic heterocycles. The van der Waals surface area contributed by atoms with E-state index in [1.165, 1.54) is 25.7 Å². The Hall–Kier alpha value is -1.03. The van der Waals surface area contributed by atoms with Gasteiger partial charge in [0.15, 0.2) is 17.5 Å². The second-order valence-corrected chi connectivity index (χ2v) is 5.03. The van der Waals surface area contributed by atoms with Crippen molar-refractivity contribution in [3.63, 3.8) is 0 Å². The normalized spacial score (nSPS) is 18.2.